The van der Waals surface area contributed by atoms with E-state index in [4.69, 9.17) is 14.6 Å². The van der Waals surface area contributed by atoms with Gasteiger partial charge in [-0.1, -0.05) is 0 Å². The zero-order valence-corrected chi connectivity index (χ0v) is 19.4. The summed E-state index contributed by atoms with van der Waals surface area (Å²) in [4.78, 5) is 7.03. The van der Waals surface area contributed by atoms with E-state index in [0.717, 1.165) is 50.2 Å². The van der Waals surface area contributed by atoms with Crippen LogP contribution in [0.25, 0.3) is 5.65 Å². The monoisotopic (exact) mass is 488 g/mol. The van der Waals surface area contributed by atoms with Gasteiger partial charge in [0, 0.05) is 37.2 Å². The molecular formula is C24H27F3N6O2. The molecule has 11 heteroatoms. The number of anilines is 1. The van der Waals surface area contributed by atoms with E-state index in [-0.39, 0.29) is 5.75 Å². The minimum Gasteiger partial charge on any atom is -0.480 e. The second kappa shape index (κ2) is 8.53. The lowest BCUT2D eigenvalue weighted by molar-refractivity contribution is -0.153. The third kappa shape index (κ3) is 4.48. The van der Waals surface area contributed by atoms with E-state index in [2.05, 4.69) is 20.1 Å². The fourth-order valence-electron chi connectivity index (χ4n) is 5.75. The molecule has 0 N–H and O–H groups in total. The summed E-state index contributed by atoms with van der Waals surface area (Å²) in [5.41, 5.74) is 2.39. The highest BCUT2D eigenvalue weighted by atomic mass is 19.4. The van der Waals surface area contributed by atoms with E-state index in [9.17, 15) is 13.2 Å². The molecule has 3 aromatic rings. The Kier molecular flexibility index (Phi) is 5.45. The van der Waals surface area contributed by atoms with Crippen molar-refractivity contribution in [2.45, 2.75) is 44.2 Å². The number of rotatable bonds is 7. The van der Waals surface area contributed by atoms with Crippen LogP contribution in [0, 0.1) is 17.8 Å². The van der Waals surface area contributed by atoms with Gasteiger partial charge in [0.25, 0.3) is 0 Å². The van der Waals surface area contributed by atoms with Crippen molar-refractivity contribution in [2.75, 3.05) is 31.7 Å². The number of hydrogen-bond donors (Lipinski definition) is 0. The van der Waals surface area contributed by atoms with Crippen LogP contribution in [-0.2, 0) is 6.42 Å². The largest absolute Gasteiger partial charge is 0.480 e. The zero-order chi connectivity index (χ0) is 24.2. The van der Waals surface area contributed by atoms with Gasteiger partial charge >= 0.3 is 6.18 Å². The first-order valence-electron chi connectivity index (χ1n) is 12.1. The number of halogens is 3. The highest BCUT2D eigenvalue weighted by Crippen LogP contribution is 2.45. The summed E-state index contributed by atoms with van der Waals surface area (Å²) in [6.07, 6.45) is 2.48. The topological polar surface area (TPSA) is 77.7 Å². The SMILES string of the molecule is COc1cc(N2C[C@H]3CC[C@@H](C2)C3Cc2nc3c(OCC(F)(F)F)ccc(C4CC4)n3n2)cnn1. The van der Waals surface area contributed by atoms with Gasteiger partial charge in [-0.3, -0.25) is 0 Å². The molecule has 3 aromatic heterocycles. The molecule has 2 saturated carbocycles. The quantitative estimate of drug-likeness (QED) is 0.497. The number of hydrogen-bond acceptors (Lipinski definition) is 7. The summed E-state index contributed by atoms with van der Waals surface area (Å²) >= 11 is 0. The third-order valence-corrected chi connectivity index (χ3v) is 7.55. The van der Waals surface area contributed by atoms with Crippen LogP contribution in [0.2, 0.25) is 0 Å². The second-order valence-electron chi connectivity index (χ2n) is 9.89. The highest BCUT2D eigenvalue weighted by molar-refractivity contribution is 5.55. The molecule has 6 rings (SSSR count). The van der Waals surface area contributed by atoms with Crippen LogP contribution in [0.4, 0.5) is 18.9 Å². The molecule has 8 nitrogen and oxygen atoms in total. The molecule has 1 unspecified atom stereocenters. The molecule has 0 spiro atoms. The van der Waals surface area contributed by atoms with Crippen LogP contribution < -0.4 is 14.4 Å². The molecule has 4 heterocycles. The zero-order valence-electron chi connectivity index (χ0n) is 19.4. The highest BCUT2D eigenvalue weighted by Gasteiger charge is 2.43. The molecule has 0 radical (unpaired) electrons. The standard InChI is InChI=1S/C24H27F3N6O2/c1-34-22-8-17(10-28-30-22)32-11-15-4-5-16(12-32)18(15)9-21-29-23-20(35-13-24(25,26)27)7-6-19(14-2-3-14)33(23)31-21/h6-8,10,14-16,18H,2-5,9,11-13H2,1H3/t15-,16+,18?. The summed E-state index contributed by atoms with van der Waals surface area (Å²) in [6.45, 7) is 0.484. The van der Waals surface area contributed by atoms with Gasteiger partial charge in [-0.15, -0.1) is 5.10 Å². The molecule has 0 amide bonds. The van der Waals surface area contributed by atoms with Crippen molar-refractivity contribution in [2.24, 2.45) is 17.8 Å². The fourth-order valence-corrected chi connectivity index (χ4v) is 5.75. The lowest BCUT2D eigenvalue weighted by Crippen LogP contribution is -2.42. The van der Waals surface area contributed by atoms with E-state index in [1.54, 1.807) is 23.9 Å². The van der Waals surface area contributed by atoms with Crippen molar-refractivity contribution < 1.29 is 22.6 Å². The Morgan fingerprint density at radius 2 is 1.86 bits per heavy atom. The number of piperidine rings is 1. The average Bonchev–Trinajstić information content (AvgIpc) is 3.55. The molecule has 35 heavy (non-hydrogen) atoms. The van der Waals surface area contributed by atoms with Crippen molar-refractivity contribution >= 4 is 11.3 Å². The van der Waals surface area contributed by atoms with Gasteiger partial charge in [-0.05, 0) is 55.6 Å². The average molecular weight is 489 g/mol. The predicted molar refractivity (Wildman–Crippen MR) is 121 cm³/mol. The Labute approximate surface area is 200 Å². The summed E-state index contributed by atoms with van der Waals surface area (Å²) < 4.78 is 50.4. The molecule has 3 atom stereocenters. The molecule has 2 aliphatic carbocycles. The summed E-state index contributed by atoms with van der Waals surface area (Å²) in [5.74, 6) is 3.10. The third-order valence-electron chi connectivity index (χ3n) is 7.55. The van der Waals surface area contributed by atoms with Crippen molar-refractivity contribution in [3.05, 3.63) is 35.9 Å². The van der Waals surface area contributed by atoms with E-state index in [1.165, 1.54) is 0 Å². The molecule has 2 bridgehead atoms. The summed E-state index contributed by atoms with van der Waals surface area (Å²) in [5, 5.41) is 12.8. The first kappa shape index (κ1) is 22.4. The Morgan fingerprint density at radius 3 is 2.54 bits per heavy atom. The van der Waals surface area contributed by atoms with Crippen LogP contribution >= 0.6 is 0 Å². The molecule has 1 saturated heterocycles. The van der Waals surface area contributed by atoms with Crippen LogP contribution in [-0.4, -0.2) is 57.8 Å². The maximum atomic E-state index is 12.8. The first-order chi connectivity index (χ1) is 16.9. The Balaban J connectivity index is 1.23. The molecule has 3 aliphatic rings. The van der Waals surface area contributed by atoms with Crippen LogP contribution in [0.3, 0.4) is 0 Å². The normalized spacial score (nSPS) is 24.2. The van der Waals surface area contributed by atoms with Gasteiger partial charge in [0.05, 0.1) is 19.0 Å². The van der Waals surface area contributed by atoms with Gasteiger partial charge in [0.15, 0.2) is 23.8 Å². The number of alkyl halides is 3. The Morgan fingerprint density at radius 1 is 1.09 bits per heavy atom. The number of ether oxygens (including phenoxy) is 2. The van der Waals surface area contributed by atoms with Gasteiger partial charge in [-0.2, -0.15) is 23.4 Å². The Hall–Kier alpha value is -3.11. The fraction of sp³-hybridized carbons (Fsp3) is 0.583. The first-order valence-corrected chi connectivity index (χ1v) is 12.1. The van der Waals surface area contributed by atoms with Crippen molar-refractivity contribution in [3.63, 3.8) is 0 Å². The minimum atomic E-state index is -4.41. The maximum Gasteiger partial charge on any atom is 0.422 e. The lowest BCUT2D eigenvalue weighted by Gasteiger charge is -2.38. The maximum absolute atomic E-state index is 12.8. The van der Waals surface area contributed by atoms with Gasteiger partial charge in [0.2, 0.25) is 5.88 Å². The van der Waals surface area contributed by atoms with Crippen LogP contribution in [0.15, 0.2) is 24.4 Å². The molecule has 0 aromatic carbocycles. The van der Waals surface area contributed by atoms with Crippen LogP contribution in [0.1, 0.15) is 43.1 Å². The summed E-state index contributed by atoms with van der Waals surface area (Å²) in [7, 11) is 1.58. The predicted octanol–water partition coefficient (Wildman–Crippen LogP) is 4.05. The number of fused-ring (bicyclic) bond motifs is 3. The van der Waals surface area contributed by atoms with Gasteiger partial charge < -0.3 is 14.4 Å². The number of aromatic nitrogens is 5. The number of methoxy groups -OCH3 is 1. The van der Waals surface area contributed by atoms with E-state index in [0.29, 0.717) is 47.4 Å². The number of pyridine rings is 1. The van der Waals surface area contributed by atoms with Crippen molar-refractivity contribution in [1.82, 2.24) is 24.8 Å². The molecule has 3 fully saturated rings. The van der Waals surface area contributed by atoms with Gasteiger partial charge in [0.1, 0.15) is 0 Å². The van der Waals surface area contributed by atoms with E-state index in [1.807, 2.05) is 12.1 Å². The number of nitrogens with zero attached hydrogens (tertiary/aromatic N) is 6. The molecule has 186 valence electrons. The van der Waals surface area contributed by atoms with Crippen LogP contribution in [0.5, 0.6) is 11.6 Å². The van der Waals surface area contributed by atoms with Crippen molar-refractivity contribution in [3.8, 4) is 11.6 Å². The molecular weight excluding hydrogens is 461 g/mol. The van der Waals surface area contributed by atoms with Gasteiger partial charge in [-0.25, -0.2) is 9.50 Å². The minimum absolute atomic E-state index is 0.127. The summed E-state index contributed by atoms with van der Waals surface area (Å²) in [6, 6.07) is 5.35. The van der Waals surface area contributed by atoms with E-state index >= 15 is 0 Å². The van der Waals surface area contributed by atoms with E-state index < -0.39 is 12.8 Å². The second-order valence-corrected chi connectivity index (χ2v) is 9.89. The molecule has 1 aliphatic heterocycles. The lowest BCUT2D eigenvalue weighted by atomic mass is 9.82. The van der Waals surface area contributed by atoms with Crippen molar-refractivity contribution in [1.29, 1.82) is 0 Å². The smallest absolute Gasteiger partial charge is 0.422 e. The Bertz CT molecular complexity index is 1210.